The summed E-state index contributed by atoms with van der Waals surface area (Å²) in [5.41, 5.74) is 6.09. The molecular weight excluding hydrogens is 220 g/mol. The third-order valence-electron chi connectivity index (χ3n) is 2.09. The van der Waals surface area contributed by atoms with E-state index in [0.29, 0.717) is 12.4 Å². The number of carbonyl (C=O) groups is 1. The van der Waals surface area contributed by atoms with Gasteiger partial charge in [0.05, 0.1) is 6.61 Å². The van der Waals surface area contributed by atoms with E-state index in [1.54, 1.807) is 13.2 Å². The molecule has 0 atom stereocenters. The molecular formula is C12H18N2O3. The molecule has 0 aliphatic heterocycles. The maximum atomic E-state index is 10.6. The number of hydrogen-bond donors (Lipinski definition) is 2. The number of nitrogens with two attached hydrogens (primary N) is 1. The average molecular weight is 238 g/mol. The molecule has 0 saturated heterocycles. The Hall–Kier alpha value is -1.59. The van der Waals surface area contributed by atoms with E-state index in [4.69, 9.17) is 15.2 Å². The van der Waals surface area contributed by atoms with Crippen LogP contribution in [0.4, 0.5) is 0 Å². The van der Waals surface area contributed by atoms with Gasteiger partial charge in [-0.05, 0) is 17.7 Å². The molecule has 0 bridgehead atoms. The lowest BCUT2D eigenvalue weighted by atomic mass is 10.2. The van der Waals surface area contributed by atoms with Gasteiger partial charge in [-0.15, -0.1) is 0 Å². The van der Waals surface area contributed by atoms with Crippen LogP contribution in [0.2, 0.25) is 0 Å². The topological polar surface area (TPSA) is 73.6 Å². The number of methoxy groups -OCH3 is 1. The summed E-state index contributed by atoms with van der Waals surface area (Å²) in [6, 6.07) is 7.53. The molecule has 94 valence electrons. The molecule has 1 aromatic carbocycles. The highest BCUT2D eigenvalue weighted by Crippen LogP contribution is 2.12. The molecule has 0 aromatic heterocycles. The van der Waals surface area contributed by atoms with Crippen molar-refractivity contribution >= 4 is 5.91 Å². The Morgan fingerprint density at radius 3 is 3.00 bits per heavy atom. The smallest absolute Gasteiger partial charge is 0.255 e. The summed E-state index contributed by atoms with van der Waals surface area (Å²) in [6.45, 7) is 2.11. The van der Waals surface area contributed by atoms with Gasteiger partial charge in [0.15, 0.2) is 6.61 Å². The van der Waals surface area contributed by atoms with Crippen LogP contribution >= 0.6 is 0 Å². The van der Waals surface area contributed by atoms with Gasteiger partial charge in [-0.3, -0.25) is 4.79 Å². The van der Waals surface area contributed by atoms with Crippen molar-refractivity contribution in [3.8, 4) is 5.75 Å². The highest BCUT2D eigenvalue weighted by atomic mass is 16.5. The molecule has 0 aliphatic rings. The lowest BCUT2D eigenvalue weighted by Gasteiger charge is -2.07. The second-order valence-electron chi connectivity index (χ2n) is 3.57. The van der Waals surface area contributed by atoms with E-state index in [2.05, 4.69) is 5.32 Å². The van der Waals surface area contributed by atoms with Crippen LogP contribution in [0.1, 0.15) is 5.56 Å². The molecule has 0 unspecified atom stereocenters. The molecule has 1 amide bonds. The van der Waals surface area contributed by atoms with Gasteiger partial charge in [-0.2, -0.15) is 0 Å². The fourth-order valence-electron chi connectivity index (χ4n) is 1.31. The van der Waals surface area contributed by atoms with Crippen LogP contribution in [0.3, 0.4) is 0 Å². The summed E-state index contributed by atoms with van der Waals surface area (Å²) < 4.78 is 10.1. The highest BCUT2D eigenvalue weighted by molar-refractivity contribution is 5.75. The summed E-state index contributed by atoms with van der Waals surface area (Å²) in [7, 11) is 1.67. The Bertz CT molecular complexity index is 355. The van der Waals surface area contributed by atoms with E-state index < -0.39 is 5.91 Å². The fourth-order valence-corrected chi connectivity index (χ4v) is 1.31. The number of rotatable bonds is 8. The zero-order chi connectivity index (χ0) is 12.5. The number of hydrogen-bond acceptors (Lipinski definition) is 4. The van der Waals surface area contributed by atoms with E-state index in [-0.39, 0.29) is 6.61 Å². The highest BCUT2D eigenvalue weighted by Gasteiger charge is 1.99. The summed E-state index contributed by atoms with van der Waals surface area (Å²) in [5, 5.41) is 3.22. The maximum Gasteiger partial charge on any atom is 0.255 e. The molecule has 0 fully saturated rings. The number of benzene rings is 1. The van der Waals surface area contributed by atoms with Crippen molar-refractivity contribution in [1.82, 2.24) is 5.32 Å². The minimum Gasteiger partial charge on any atom is -0.484 e. The molecule has 0 spiro atoms. The number of ether oxygens (including phenoxy) is 2. The molecule has 0 aliphatic carbocycles. The monoisotopic (exact) mass is 238 g/mol. The number of primary amides is 1. The van der Waals surface area contributed by atoms with Gasteiger partial charge in [0.1, 0.15) is 5.75 Å². The molecule has 1 aromatic rings. The van der Waals surface area contributed by atoms with Crippen molar-refractivity contribution in [2.45, 2.75) is 6.54 Å². The first-order valence-electron chi connectivity index (χ1n) is 5.42. The normalized spacial score (nSPS) is 10.2. The van der Waals surface area contributed by atoms with Crippen LogP contribution in [0, 0.1) is 0 Å². The van der Waals surface area contributed by atoms with E-state index in [1.165, 1.54) is 0 Å². The van der Waals surface area contributed by atoms with Crippen molar-refractivity contribution in [1.29, 1.82) is 0 Å². The van der Waals surface area contributed by atoms with Crippen LogP contribution in [-0.4, -0.2) is 32.8 Å². The fraction of sp³-hybridized carbons (Fsp3) is 0.417. The van der Waals surface area contributed by atoms with Crippen LogP contribution in [0.15, 0.2) is 24.3 Å². The summed E-state index contributed by atoms with van der Waals surface area (Å²) >= 11 is 0. The summed E-state index contributed by atoms with van der Waals surface area (Å²) in [4.78, 5) is 10.6. The van der Waals surface area contributed by atoms with Crippen LogP contribution < -0.4 is 15.8 Å². The number of amides is 1. The number of nitrogens with one attached hydrogen (secondary N) is 1. The van der Waals surface area contributed by atoms with Crippen molar-refractivity contribution in [2.24, 2.45) is 5.73 Å². The molecule has 3 N–H and O–H groups in total. The zero-order valence-corrected chi connectivity index (χ0v) is 9.94. The average Bonchev–Trinajstić information content (AvgIpc) is 2.33. The molecule has 5 nitrogen and oxygen atoms in total. The second kappa shape index (κ2) is 7.65. The lowest BCUT2D eigenvalue weighted by molar-refractivity contribution is -0.119. The lowest BCUT2D eigenvalue weighted by Crippen LogP contribution is -2.20. The minimum absolute atomic E-state index is 0.0967. The molecule has 5 heteroatoms. The Kier molecular flexibility index (Phi) is 6.06. The Morgan fingerprint density at radius 1 is 1.47 bits per heavy atom. The molecule has 17 heavy (non-hydrogen) atoms. The van der Waals surface area contributed by atoms with Crippen molar-refractivity contribution in [3.05, 3.63) is 29.8 Å². The Balaban J connectivity index is 2.39. The van der Waals surface area contributed by atoms with E-state index in [9.17, 15) is 4.79 Å². The van der Waals surface area contributed by atoms with Crippen LogP contribution in [0.25, 0.3) is 0 Å². The second-order valence-corrected chi connectivity index (χ2v) is 3.57. The molecule has 0 heterocycles. The zero-order valence-electron chi connectivity index (χ0n) is 9.94. The summed E-state index contributed by atoms with van der Waals surface area (Å²) in [5.74, 6) is 0.170. The largest absolute Gasteiger partial charge is 0.484 e. The quantitative estimate of drug-likeness (QED) is 0.638. The van der Waals surface area contributed by atoms with Gasteiger partial charge in [0, 0.05) is 20.2 Å². The SMILES string of the molecule is COCCNCc1cccc(OCC(N)=O)c1. The predicted octanol–water partition coefficient (Wildman–Crippen LogP) is 0.287. The first-order valence-corrected chi connectivity index (χ1v) is 5.42. The predicted molar refractivity (Wildman–Crippen MR) is 64.7 cm³/mol. The Morgan fingerprint density at radius 2 is 2.29 bits per heavy atom. The Labute approximate surface area is 101 Å². The maximum absolute atomic E-state index is 10.6. The van der Waals surface area contributed by atoms with Gasteiger partial charge in [0.25, 0.3) is 5.91 Å². The first-order chi connectivity index (χ1) is 8.22. The van der Waals surface area contributed by atoms with Gasteiger partial charge >= 0.3 is 0 Å². The van der Waals surface area contributed by atoms with Crippen molar-refractivity contribution in [2.75, 3.05) is 26.9 Å². The summed E-state index contributed by atoms with van der Waals surface area (Å²) in [6.07, 6.45) is 0. The van der Waals surface area contributed by atoms with Gasteiger partial charge < -0.3 is 20.5 Å². The van der Waals surface area contributed by atoms with Crippen LogP contribution in [0.5, 0.6) is 5.75 Å². The number of carbonyl (C=O) groups excluding carboxylic acids is 1. The third kappa shape index (κ3) is 5.89. The standard InChI is InChI=1S/C12H18N2O3/c1-16-6-5-14-8-10-3-2-4-11(7-10)17-9-12(13)15/h2-4,7,14H,5-6,8-9H2,1H3,(H2,13,15). The van der Waals surface area contributed by atoms with E-state index in [1.807, 2.05) is 18.2 Å². The third-order valence-corrected chi connectivity index (χ3v) is 2.09. The van der Waals surface area contributed by atoms with Gasteiger partial charge in [-0.1, -0.05) is 12.1 Å². The van der Waals surface area contributed by atoms with Gasteiger partial charge in [0.2, 0.25) is 0 Å². The van der Waals surface area contributed by atoms with Gasteiger partial charge in [-0.25, -0.2) is 0 Å². The van der Waals surface area contributed by atoms with Crippen molar-refractivity contribution < 1.29 is 14.3 Å². The molecule has 0 radical (unpaired) electrons. The first kappa shape index (κ1) is 13.5. The molecule has 1 rings (SSSR count). The van der Waals surface area contributed by atoms with E-state index >= 15 is 0 Å². The molecule has 0 saturated carbocycles. The minimum atomic E-state index is -0.478. The van der Waals surface area contributed by atoms with Crippen molar-refractivity contribution in [3.63, 3.8) is 0 Å². The van der Waals surface area contributed by atoms with Crippen LogP contribution in [-0.2, 0) is 16.1 Å². The van der Waals surface area contributed by atoms with E-state index in [0.717, 1.165) is 18.7 Å².